The number of anilines is 1. The average molecular weight is 245 g/mol. The summed E-state index contributed by atoms with van der Waals surface area (Å²) < 4.78 is 5.34. The molecule has 2 rings (SSSR count). The largest absolute Gasteiger partial charge is 0.421 e. The van der Waals surface area contributed by atoms with E-state index in [1.165, 1.54) is 0 Å². The highest BCUT2D eigenvalue weighted by atomic mass is 16.4. The zero-order valence-electron chi connectivity index (χ0n) is 10.4. The molecule has 1 N–H and O–H groups in total. The molecule has 0 unspecified atom stereocenters. The van der Waals surface area contributed by atoms with Gasteiger partial charge in [-0.2, -0.15) is 0 Å². The first-order chi connectivity index (χ1) is 8.69. The van der Waals surface area contributed by atoms with Gasteiger partial charge < -0.3 is 9.73 Å². The first kappa shape index (κ1) is 12.3. The van der Waals surface area contributed by atoms with Crippen molar-refractivity contribution >= 4 is 11.6 Å². The summed E-state index contributed by atoms with van der Waals surface area (Å²) in [4.78, 5) is 11.5. The summed E-state index contributed by atoms with van der Waals surface area (Å²) in [6.45, 7) is 3.71. The molecule has 2 aromatic rings. The van der Waals surface area contributed by atoms with Crippen molar-refractivity contribution in [1.29, 1.82) is 0 Å². The molecular weight excluding hydrogens is 230 g/mol. The molecular formula is C13H15N3O2. The Morgan fingerprint density at radius 3 is 2.89 bits per heavy atom. The van der Waals surface area contributed by atoms with E-state index in [2.05, 4.69) is 15.5 Å². The number of carbonyl (C=O) groups excluding carboxylic acids is 1. The number of hydrogen-bond donors (Lipinski definition) is 1. The minimum absolute atomic E-state index is 0.0105. The fourth-order valence-corrected chi connectivity index (χ4v) is 1.59. The van der Waals surface area contributed by atoms with Crippen LogP contribution in [0.4, 0.5) is 5.69 Å². The summed E-state index contributed by atoms with van der Waals surface area (Å²) in [5.74, 6) is 0.987. The van der Waals surface area contributed by atoms with Crippen LogP contribution in [0.25, 0.3) is 11.5 Å². The molecule has 18 heavy (non-hydrogen) atoms. The maximum absolute atomic E-state index is 11.5. The molecule has 0 radical (unpaired) electrons. The number of benzene rings is 1. The Hall–Kier alpha value is -2.17. The van der Waals surface area contributed by atoms with E-state index in [9.17, 15) is 4.79 Å². The molecule has 0 bridgehead atoms. The lowest BCUT2D eigenvalue weighted by atomic mass is 10.2. The van der Waals surface area contributed by atoms with Crippen molar-refractivity contribution in [1.82, 2.24) is 10.2 Å². The highest BCUT2D eigenvalue weighted by Crippen LogP contribution is 2.21. The first-order valence-electron chi connectivity index (χ1n) is 5.89. The van der Waals surface area contributed by atoms with Gasteiger partial charge in [0, 0.05) is 24.6 Å². The molecule has 0 saturated carbocycles. The number of nitrogens with zero attached hydrogens (tertiary/aromatic N) is 2. The van der Waals surface area contributed by atoms with Crippen molar-refractivity contribution in [2.24, 2.45) is 0 Å². The van der Waals surface area contributed by atoms with Gasteiger partial charge in [0.25, 0.3) is 0 Å². The van der Waals surface area contributed by atoms with E-state index in [0.717, 1.165) is 17.7 Å². The van der Waals surface area contributed by atoms with E-state index >= 15 is 0 Å². The van der Waals surface area contributed by atoms with Crippen LogP contribution in [-0.2, 0) is 4.79 Å². The Labute approximate surface area is 105 Å². The van der Waals surface area contributed by atoms with Crippen molar-refractivity contribution in [2.45, 2.75) is 26.7 Å². The van der Waals surface area contributed by atoms with Crippen LogP contribution in [0.3, 0.4) is 0 Å². The lowest BCUT2D eigenvalue weighted by Crippen LogP contribution is -2.10. The van der Waals surface area contributed by atoms with E-state index in [4.69, 9.17) is 4.42 Å². The van der Waals surface area contributed by atoms with E-state index in [1.54, 1.807) is 6.92 Å². The van der Waals surface area contributed by atoms with Crippen LogP contribution < -0.4 is 5.32 Å². The van der Waals surface area contributed by atoms with Crippen LogP contribution in [0.5, 0.6) is 0 Å². The summed E-state index contributed by atoms with van der Waals surface area (Å²) in [5, 5.41) is 10.6. The van der Waals surface area contributed by atoms with E-state index in [1.807, 2.05) is 31.2 Å². The molecule has 0 atom stereocenters. The third-order valence-corrected chi connectivity index (χ3v) is 2.40. The molecule has 5 nitrogen and oxygen atoms in total. The highest BCUT2D eigenvalue weighted by molar-refractivity contribution is 5.91. The Balaban J connectivity index is 2.17. The van der Waals surface area contributed by atoms with Crippen LogP contribution in [0.15, 0.2) is 28.7 Å². The number of nitrogens with one attached hydrogen (secondary N) is 1. The molecule has 0 saturated heterocycles. The van der Waals surface area contributed by atoms with Gasteiger partial charge in [-0.15, -0.1) is 10.2 Å². The zero-order valence-corrected chi connectivity index (χ0v) is 10.4. The zero-order chi connectivity index (χ0) is 13.0. The molecule has 1 amide bonds. The highest BCUT2D eigenvalue weighted by Gasteiger charge is 2.07. The summed E-state index contributed by atoms with van der Waals surface area (Å²) in [7, 11) is 0. The number of hydrogen-bond acceptors (Lipinski definition) is 4. The third-order valence-electron chi connectivity index (χ3n) is 2.40. The second kappa shape index (κ2) is 5.44. The number of rotatable bonds is 4. The summed E-state index contributed by atoms with van der Waals surface area (Å²) in [5.41, 5.74) is 1.53. The number of amides is 1. The fraction of sp³-hybridized carbons (Fsp3) is 0.308. The summed E-state index contributed by atoms with van der Waals surface area (Å²) in [6, 6.07) is 7.36. The van der Waals surface area contributed by atoms with E-state index < -0.39 is 0 Å². The SMILES string of the molecule is CCCC(=O)Nc1cccc(-c2nnc(C)o2)c1. The first-order valence-corrected chi connectivity index (χ1v) is 5.89. The van der Waals surface area contributed by atoms with Gasteiger partial charge >= 0.3 is 0 Å². The lowest BCUT2D eigenvalue weighted by molar-refractivity contribution is -0.116. The van der Waals surface area contributed by atoms with Gasteiger partial charge in [0.15, 0.2) is 0 Å². The van der Waals surface area contributed by atoms with Crippen LogP contribution in [0.1, 0.15) is 25.7 Å². The van der Waals surface area contributed by atoms with Gasteiger partial charge in [0.2, 0.25) is 17.7 Å². The Morgan fingerprint density at radius 2 is 2.22 bits per heavy atom. The summed E-state index contributed by atoms with van der Waals surface area (Å²) in [6.07, 6.45) is 1.35. The topological polar surface area (TPSA) is 68.0 Å². The van der Waals surface area contributed by atoms with Gasteiger partial charge in [-0.3, -0.25) is 4.79 Å². The standard InChI is InChI=1S/C13H15N3O2/c1-3-5-12(17)14-11-7-4-6-10(8-11)13-16-15-9(2)18-13/h4,6-8H,3,5H2,1-2H3,(H,14,17). The molecule has 5 heteroatoms. The molecule has 0 spiro atoms. The van der Waals surface area contributed by atoms with Crippen molar-refractivity contribution in [3.05, 3.63) is 30.2 Å². The Morgan fingerprint density at radius 1 is 1.39 bits per heavy atom. The molecule has 94 valence electrons. The maximum atomic E-state index is 11.5. The minimum Gasteiger partial charge on any atom is -0.421 e. The Kier molecular flexibility index (Phi) is 3.72. The second-order valence-electron chi connectivity index (χ2n) is 4.01. The molecule has 0 fully saturated rings. The van der Waals surface area contributed by atoms with Crippen LogP contribution in [0.2, 0.25) is 0 Å². The van der Waals surface area contributed by atoms with E-state index in [-0.39, 0.29) is 5.91 Å². The minimum atomic E-state index is 0.0105. The molecule has 1 aromatic carbocycles. The van der Waals surface area contributed by atoms with Gasteiger partial charge in [-0.05, 0) is 24.6 Å². The quantitative estimate of drug-likeness (QED) is 0.899. The van der Waals surface area contributed by atoms with Crippen LogP contribution in [-0.4, -0.2) is 16.1 Å². The van der Waals surface area contributed by atoms with Gasteiger partial charge in [-0.1, -0.05) is 13.0 Å². The fourth-order valence-electron chi connectivity index (χ4n) is 1.59. The lowest BCUT2D eigenvalue weighted by Gasteiger charge is -2.04. The van der Waals surface area contributed by atoms with Crippen molar-refractivity contribution < 1.29 is 9.21 Å². The monoisotopic (exact) mass is 245 g/mol. The summed E-state index contributed by atoms with van der Waals surface area (Å²) >= 11 is 0. The van der Waals surface area contributed by atoms with Crippen molar-refractivity contribution in [3.8, 4) is 11.5 Å². The molecule has 1 heterocycles. The van der Waals surface area contributed by atoms with Gasteiger partial charge in [0.1, 0.15) is 0 Å². The average Bonchev–Trinajstić information content (AvgIpc) is 2.76. The third kappa shape index (κ3) is 2.94. The van der Waals surface area contributed by atoms with E-state index in [0.29, 0.717) is 18.2 Å². The van der Waals surface area contributed by atoms with Crippen molar-refractivity contribution in [3.63, 3.8) is 0 Å². The second-order valence-corrected chi connectivity index (χ2v) is 4.01. The van der Waals surface area contributed by atoms with Crippen molar-refractivity contribution in [2.75, 3.05) is 5.32 Å². The number of aromatic nitrogens is 2. The predicted molar refractivity (Wildman–Crippen MR) is 68.0 cm³/mol. The van der Waals surface area contributed by atoms with Gasteiger partial charge in [0.05, 0.1) is 0 Å². The normalized spacial score (nSPS) is 10.3. The molecule has 1 aromatic heterocycles. The van der Waals surface area contributed by atoms with Gasteiger partial charge in [-0.25, -0.2) is 0 Å². The smallest absolute Gasteiger partial charge is 0.247 e. The maximum Gasteiger partial charge on any atom is 0.247 e. The molecule has 0 aliphatic rings. The Bertz CT molecular complexity index is 549. The van der Waals surface area contributed by atoms with Crippen LogP contribution >= 0.6 is 0 Å². The predicted octanol–water partition coefficient (Wildman–Crippen LogP) is 2.78. The molecule has 0 aliphatic carbocycles. The molecule has 0 aliphatic heterocycles. The number of aryl methyl sites for hydroxylation is 1. The number of carbonyl (C=O) groups is 1. The van der Waals surface area contributed by atoms with Crippen LogP contribution in [0, 0.1) is 6.92 Å².